The molecule has 0 spiro atoms. The van der Waals surface area contributed by atoms with E-state index < -0.39 is 0 Å². The molecule has 0 amide bonds. The summed E-state index contributed by atoms with van der Waals surface area (Å²) >= 11 is 0. The number of unbranched alkanes of at least 4 members (excludes halogenated alkanes) is 3. The van der Waals surface area contributed by atoms with Crippen LogP contribution in [-0.2, 0) is 0 Å². The van der Waals surface area contributed by atoms with Crippen molar-refractivity contribution >= 4 is 5.69 Å². The van der Waals surface area contributed by atoms with Crippen LogP contribution in [0.4, 0.5) is 5.69 Å². The first-order chi connectivity index (χ1) is 9.79. The van der Waals surface area contributed by atoms with Crippen LogP contribution in [-0.4, -0.2) is 15.6 Å². The third-order valence-corrected chi connectivity index (χ3v) is 3.55. The number of rotatable bonds is 8. The molecule has 0 saturated heterocycles. The van der Waals surface area contributed by atoms with E-state index in [0.29, 0.717) is 6.04 Å². The van der Waals surface area contributed by atoms with E-state index >= 15 is 0 Å². The van der Waals surface area contributed by atoms with E-state index in [1.165, 1.54) is 37.8 Å². The zero-order valence-electron chi connectivity index (χ0n) is 12.5. The van der Waals surface area contributed by atoms with E-state index in [9.17, 15) is 0 Å². The first-order valence-electron chi connectivity index (χ1n) is 7.64. The second kappa shape index (κ2) is 7.73. The molecule has 108 valence electrons. The Balaban J connectivity index is 1.88. The van der Waals surface area contributed by atoms with Gasteiger partial charge >= 0.3 is 0 Å². The first kappa shape index (κ1) is 14.6. The predicted molar refractivity (Wildman–Crippen MR) is 85.4 cm³/mol. The second-order valence-corrected chi connectivity index (χ2v) is 5.42. The van der Waals surface area contributed by atoms with Crippen molar-refractivity contribution in [2.45, 2.75) is 52.0 Å². The van der Waals surface area contributed by atoms with Gasteiger partial charge in [-0.2, -0.15) is 0 Å². The summed E-state index contributed by atoms with van der Waals surface area (Å²) in [7, 11) is 0. The molecular formula is C17H25N3. The molecule has 3 heteroatoms. The Morgan fingerprint density at radius 2 is 2.15 bits per heavy atom. The summed E-state index contributed by atoms with van der Waals surface area (Å²) in [5.74, 6) is 0. The molecule has 0 aliphatic heterocycles. The van der Waals surface area contributed by atoms with Gasteiger partial charge in [-0.3, -0.25) is 0 Å². The lowest BCUT2D eigenvalue weighted by atomic mass is 10.1. The lowest BCUT2D eigenvalue weighted by Crippen LogP contribution is -2.14. The van der Waals surface area contributed by atoms with E-state index in [-0.39, 0.29) is 0 Å². The molecule has 2 aromatic rings. The van der Waals surface area contributed by atoms with Crippen LogP contribution < -0.4 is 5.32 Å². The Hall–Kier alpha value is -1.77. The molecule has 20 heavy (non-hydrogen) atoms. The quantitative estimate of drug-likeness (QED) is 0.709. The van der Waals surface area contributed by atoms with Gasteiger partial charge in [0.25, 0.3) is 0 Å². The van der Waals surface area contributed by atoms with Crippen molar-refractivity contribution in [2.24, 2.45) is 0 Å². The van der Waals surface area contributed by atoms with Gasteiger partial charge in [0.2, 0.25) is 0 Å². The summed E-state index contributed by atoms with van der Waals surface area (Å²) in [6.07, 6.45) is 12.1. The lowest BCUT2D eigenvalue weighted by Gasteiger charge is -2.16. The lowest BCUT2D eigenvalue weighted by molar-refractivity contribution is 0.594. The summed E-state index contributed by atoms with van der Waals surface area (Å²) < 4.78 is 2.02. The minimum absolute atomic E-state index is 0.518. The van der Waals surface area contributed by atoms with Gasteiger partial charge in [0.05, 0.1) is 6.33 Å². The SMILES string of the molecule is CCCCCCC(C)Nc1cccc(-n2ccnc2)c1. The smallest absolute Gasteiger partial charge is 0.0991 e. The van der Waals surface area contributed by atoms with Crippen LogP contribution in [0.5, 0.6) is 0 Å². The highest BCUT2D eigenvalue weighted by atomic mass is 15.0. The number of anilines is 1. The Morgan fingerprint density at radius 3 is 2.90 bits per heavy atom. The summed E-state index contributed by atoms with van der Waals surface area (Å²) in [5.41, 5.74) is 2.32. The third kappa shape index (κ3) is 4.41. The van der Waals surface area contributed by atoms with Crippen molar-refractivity contribution in [1.82, 2.24) is 9.55 Å². The highest BCUT2D eigenvalue weighted by molar-refractivity contribution is 5.51. The zero-order valence-corrected chi connectivity index (χ0v) is 12.5. The van der Waals surface area contributed by atoms with Gasteiger partial charge < -0.3 is 9.88 Å². The fourth-order valence-electron chi connectivity index (χ4n) is 2.40. The molecule has 1 N–H and O–H groups in total. The molecule has 0 bridgehead atoms. The summed E-state index contributed by atoms with van der Waals surface area (Å²) in [6.45, 7) is 4.51. The Labute approximate surface area is 122 Å². The molecule has 0 radical (unpaired) electrons. The summed E-state index contributed by atoms with van der Waals surface area (Å²) in [6, 6.07) is 9.00. The van der Waals surface area contributed by atoms with Crippen molar-refractivity contribution in [2.75, 3.05) is 5.32 Å². The van der Waals surface area contributed by atoms with Gasteiger partial charge in [0.15, 0.2) is 0 Å². The van der Waals surface area contributed by atoms with Crippen LogP contribution in [0, 0.1) is 0 Å². The van der Waals surface area contributed by atoms with E-state index in [2.05, 4.69) is 48.4 Å². The number of hydrogen-bond acceptors (Lipinski definition) is 2. The topological polar surface area (TPSA) is 29.9 Å². The number of hydrogen-bond donors (Lipinski definition) is 1. The maximum absolute atomic E-state index is 4.09. The van der Waals surface area contributed by atoms with E-state index in [4.69, 9.17) is 0 Å². The maximum Gasteiger partial charge on any atom is 0.0991 e. The van der Waals surface area contributed by atoms with Crippen LogP contribution in [0.3, 0.4) is 0 Å². The Bertz CT molecular complexity index is 491. The molecule has 2 rings (SSSR count). The predicted octanol–water partition coefficient (Wildman–Crippen LogP) is 4.64. The van der Waals surface area contributed by atoms with Crippen LogP contribution >= 0.6 is 0 Å². The fraction of sp³-hybridized carbons (Fsp3) is 0.471. The largest absolute Gasteiger partial charge is 0.383 e. The minimum Gasteiger partial charge on any atom is -0.383 e. The first-order valence-corrected chi connectivity index (χ1v) is 7.64. The van der Waals surface area contributed by atoms with Crippen molar-refractivity contribution < 1.29 is 0 Å². The van der Waals surface area contributed by atoms with Gasteiger partial charge in [-0.25, -0.2) is 4.98 Å². The fourth-order valence-corrected chi connectivity index (χ4v) is 2.40. The monoisotopic (exact) mass is 271 g/mol. The second-order valence-electron chi connectivity index (χ2n) is 5.42. The molecule has 0 aliphatic carbocycles. The Morgan fingerprint density at radius 1 is 1.25 bits per heavy atom. The highest BCUT2D eigenvalue weighted by Gasteiger charge is 2.03. The van der Waals surface area contributed by atoms with Crippen molar-refractivity contribution in [3.63, 3.8) is 0 Å². The number of nitrogens with one attached hydrogen (secondary N) is 1. The van der Waals surface area contributed by atoms with Gasteiger partial charge in [0.1, 0.15) is 0 Å². The summed E-state index contributed by atoms with van der Waals surface area (Å²) in [4.78, 5) is 4.09. The molecule has 3 nitrogen and oxygen atoms in total. The van der Waals surface area contributed by atoms with Crippen molar-refractivity contribution in [3.8, 4) is 5.69 Å². The standard InChI is InChI=1S/C17H25N3/c1-3-4-5-6-8-15(2)19-16-9-7-10-17(13-16)20-12-11-18-14-20/h7,9-15,19H,3-6,8H2,1-2H3. The molecule has 1 heterocycles. The normalized spacial score (nSPS) is 12.3. The molecule has 0 fully saturated rings. The van der Waals surface area contributed by atoms with Crippen LogP contribution in [0.2, 0.25) is 0 Å². The molecule has 1 aromatic carbocycles. The molecular weight excluding hydrogens is 246 g/mol. The van der Waals surface area contributed by atoms with Crippen molar-refractivity contribution in [3.05, 3.63) is 43.0 Å². The average molecular weight is 271 g/mol. The van der Waals surface area contributed by atoms with Crippen LogP contribution in [0.1, 0.15) is 46.0 Å². The highest BCUT2D eigenvalue weighted by Crippen LogP contribution is 2.17. The third-order valence-electron chi connectivity index (χ3n) is 3.55. The average Bonchev–Trinajstić information content (AvgIpc) is 2.98. The van der Waals surface area contributed by atoms with Gasteiger partial charge in [-0.15, -0.1) is 0 Å². The number of benzene rings is 1. The molecule has 0 aliphatic rings. The van der Waals surface area contributed by atoms with E-state index in [0.717, 1.165) is 5.69 Å². The molecule has 0 saturated carbocycles. The Kier molecular flexibility index (Phi) is 5.66. The van der Waals surface area contributed by atoms with Crippen LogP contribution in [0.25, 0.3) is 5.69 Å². The number of imidazole rings is 1. The zero-order chi connectivity index (χ0) is 14.2. The van der Waals surface area contributed by atoms with Crippen molar-refractivity contribution in [1.29, 1.82) is 0 Å². The number of aromatic nitrogens is 2. The summed E-state index contributed by atoms with van der Waals surface area (Å²) in [5, 5.41) is 3.59. The molecule has 1 aromatic heterocycles. The maximum atomic E-state index is 4.09. The van der Waals surface area contributed by atoms with E-state index in [1.54, 1.807) is 6.20 Å². The van der Waals surface area contributed by atoms with Gasteiger partial charge in [-0.05, 0) is 31.5 Å². The van der Waals surface area contributed by atoms with Gasteiger partial charge in [-0.1, -0.05) is 38.7 Å². The molecule has 1 unspecified atom stereocenters. The van der Waals surface area contributed by atoms with Gasteiger partial charge in [0, 0.05) is 29.8 Å². The van der Waals surface area contributed by atoms with Crippen LogP contribution in [0.15, 0.2) is 43.0 Å². The minimum atomic E-state index is 0.518. The molecule has 1 atom stereocenters. The number of nitrogens with zero attached hydrogens (tertiary/aromatic N) is 2. The van der Waals surface area contributed by atoms with E-state index in [1.807, 2.05) is 17.1 Å².